The van der Waals surface area contributed by atoms with Crippen LogP contribution in [0.3, 0.4) is 0 Å². The fourth-order valence-electron chi connectivity index (χ4n) is 2.99. The maximum atomic E-state index is 13.1. The van der Waals surface area contributed by atoms with Crippen LogP contribution in [0.25, 0.3) is 0 Å². The molecular formula is C25H33BrFN5O5. The van der Waals surface area contributed by atoms with Crippen molar-refractivity contribution < 1.29 is 29.0 Å². The predicted molar refractivity (Wildman–Crippen MR) is 145 cm³/mol. The molecule has 0 spiro atoms. The number of aryl methyl sites for hydroxylation is 1. The number of aliphatic carboxylic acids is 1. The summed E-state index contributed by atoms with van der Waals surface area (Å²) in [7, 11) is 0. The Morgan fingerprint density at radius 1 is 1.14 bits per heavy atom. The Hall–Kier alpha value is -3.67. The largest absolute Gasteiger partial charge is 0.508 e. The fraction of sp³-hybridized carbons (Fsp3) is 0.360. The van der Waals surface area contributed by atoms with E-state index in [0.717, 1.165) is 22.5 Å². The van der Waals surface area contributed by atoms with Crippen LogP contribution in [0.5, 0.6) is 5.75 Å². The first-order valence-corrected chi connectivity index (χ1v) is 12.3. The Kier molecular flexibility index (Phi) is 13.7. The van der Waals surface area contributed by atoms with Gasteiger partial charge < -0.3 is 31.5 Å². The Morgan fingerprint density at radius 2 is 1.81 bits per heavy atom. The van der Waals surface area contributed by atoms with Crippen LogP contribution in [0.15, 0.2) is 45.9 Å². The second kappa shape index (κ2) is 16.1. The van der Waals surface area contributed by atoms with Crippen LogP contribution in [-0.2, 0) is 16.1 Å². The molecule has 2 amide bonds. The number of guanidine groups is 1. The summed E-state index contributed by atoms with van der Waals surface area (Å²) in [4.78, 5) is 37.5. The highest BCUT2D eigenvalue weighted by atomic mass is 79.9. The fourth-order valence-corrected chi connectivity index (χ4v) is 3.65. The van der Waals surface area contributed by atoms with Gasteiger partial charge in [-0.3, -0.25) is 14.4 Å². The minimum atomic E-state index is -1.05. The number of anilines is 1. The molecular weight excluding hydrogens is 549 g/mol. The highest BCUT2D eigenvalue weighted by molar-refractivity contribution is 9.10. The number of carboxylic acids is 1. The normalized spacial score (nSPS) is 13.8. The van der Waals surface area contributed by atoms with E-state index in [9.17, 15) is 19.1 Å². The van der Waals surface area contributed by atoms with Crippen LogP contribution < -0.4 is 21.3 Å². The number of carbonyl (C=O) groups excluding carboxylic acids is 2. The second-order valence-electron chi connectivity index (χ2n) is 7.68. The van der Waals surface area contributed by atoms with Crippen molar-refractivity contribution in [3.63, 3.8) is 0 Å². The molecule has 1 aliphatic heterocycles. The number of carboxylic acid groups (broad SMARTS) is 1. The standard InChI is InChI=1S/C21H23BrFN5O3.C2H4O2.C2H6/c1-12-2-13(4-15(22)3-12)8-24-19(30)11-25-20(31)14-5-17(7-18(29)6-14)28-21-26-9-16(23)10-27-21;1-2(3)4;1-2/h2-7,16,29H,8-11H2,1H3,(H,24,30)(H,25,31)(H2,26,27,28);1H3,(H,3,4);1-2H3. The third-order valence-corrected chi connectivity index (χ3v) is 4.84. The van der Waals surface area contributed by atoms with Crippen LogP contribution in [-0.4, -0.2) is 59.8 Å². The molecule has 0 saturated carbocycles. The second-order valence-corrected chi connectivity index (χ2v) is 8.59. The summed E-state index contributed by atoms with van der Waals surface area (Å²) in [5.74, 6) is -1.47. The summed E-state index contributed by atoms with van der Waals surface area (Å²) < 4.78 is 14.1. The molecule has 1 aliphatic rings. The number of rotatable bonds is 6. The van der Waals surface area contributed by atoms with E-state index in [1.807, 2.05) is 39.0 Å². The Bertz CT molecular complexity index is 1090. The molecule has 0 radical (unpaired) electrons. The Balaban J connectivity index is 0.00000104. The molecule has 2 aromatic carbocycles. The van der Waals surface area contributed by atoms with Crippen molar-refractivity contribution in [2.45, 2.75) is 40.4 Å². The van der Waals surface area contributed by atoms with E-state index in [4.69, 9.17) is 9.90 Å². The van der Waals surface area contributed by atoms with E-state index >= 15 is 0 Å². The van der Waals surface area contributed by atoms with Crippen molar-refractivity contribution in [1.82, 2.24) is 16.0 Å². The number of aliphatic imine (C=N–C) groups is 1. The average Bonchev–Trinajstić information content (AvgIpc) is 2.82. The van der Waals surface area contributed by atoms with Gasteiger partial charge >= 0.3 is 0 Å². The zero-order chi connectivity index (χ0) is 28.0. The van der Waals surface area contributed by atoms with Gasteiger partial charge in [-0.25, -0.2) is 9.38 Å². The van der Waals surface area contributed by atoms with E-state index < -0.39 is 18.0 Å². The lowest BCUT2D eigenvalue weighted by Crippen LogP contribution is -2.41. The maximum absolute atomic E-state index is 13.1. The first-order chi connectivity index (χ1) is 17.5. The highest BCUT2D eigenvalue weighted by Gasteiger charge is 2.15. The summed E-state index contributed by atoms with van der Waals surface area (Å²) in [6.07, 6.45) is -1.05. The minimum Gasteiger partial charge on any atom is -0.508 e. The lowest BCUT2D eigenvalue weighted by Gasteiger charge is -2.19. The van der Waals surface area contributed by atoms with Gasteiger partial charge in [-0.15, -0.1) is 0 Å². The van der Waals surface area contributed by atoms with Gasteiger partial charge in [0.05, 0.1) is 19.6 Å². The summed E-state index contributed by atoms with van der Waals surface area (Å²) in [5, 5.41) is 28.3. The summed E-state index contributed by atoms with van der Waals surface area (Å²) >= 11 is 3.42. The van der Waals surface area contributed by atoms with E-state index in [-0.39, 0.29) is 36.9 Å². The first kappa shape index (κ1) is 31.4. The minimum absolute atomic E-state index is 0.0378. The summed E-state index contributed by atoms with van der Waals surface area (Å²) in [6, 6.07) is 10.0. The number of halogens is 2. The number of benzene rings is 2. The number of amides is 2. The number of phenols is 1. The van der Waals surface area contributed by atoms with E-state index in [1.165, 1.54) is 18.2 Å². The summed E-state index contributed by atoms with van der Waals surface area (Å²) in [5.41, 5.74) is 2.58. The topological polar surface area (TPSA) is 152 Å². The molecule has 1 unspecified atom stereocenters. The molecule has 10 nitrogen and oxygen atoms in total. The van der Waals surface area contributed by atoms with Gasteiger partial charge in [0.15, 0.2) is 5.96 Å². The molecule has 2 aromatic rings. The first-order valence-electron chi connectivity index (χ1n) is 11.6. The number of aromatic hydroxyl groups is 1. The third kappa shape index (κ3) is 12.7. The van der Waals surface area contributed by atoms with Gasteiger partial charge in [0, 0.05) is 35.3 Å². The molecule has 6 N–H and O–H groups in total. The highest BCUT2D eigenvalue weighted by Crippen LogP contribution is 2.20. The number of nitrogens with one attached hydrogen (secondary N) is 4. The van der Waals surface area contributed by atoms with Crippen LogP contribution in [0.4, 0.5) is 10.1 Å². The smallest absolute Gasteiger partial charge is 0.300 e. The number of nitrogens with zero attached hydrogens (tertiary/aromatic N) is 1. The van der Waals surface area contributed by atoms with Crippen LogP contribution in [0, 0.1) is 6.92 Å². The third-order valence-electron chi connectivity index (χ3n) is 4.38. The van der Waals surface area contributed by atoms with E-state index in [1.54, 1.807) is 0 Å². The van der Waals surface area contributed by atoms with Crippen molar-refractivity contribution in [2.24, 2.45) is 4.99 Å². The van der Waals surface area contributed by atoms with Gasteiger partial charge in [-0.1, -0.05) is 35.8 Å². The van der Waals surface area contributed by atoms with Gasteiger partial charge in [0.25, 0.3) is 11.9 Å². The number of phenolic OH excluding ortho intramolecular Hbond substituents is 1. The average molecular weight is 582 g/mol. The SMILES string of the molecule is CC.CC(=O)O.Cc1cc(Br)cc(CNC(=O)CNC(=O)c2cc(O)cc(NC3=NCC(F)CN3)c2)c1. The quantitative estimate of drug-likeness (QED) is 0.306. The van der Waals surface area contributed by atoms with E-state index in [0.29, 0.717) is 18.2 Å². The lowest BCUT2D eigenvalue weighted by molar-refractivity contribution is -0.134. The molecule has 12 heteroatoms. The molecule has 202 valence electrons. The molecule has 0 bridgehead atoms. The summed E-state index contributed by atoms with van der Waals surface area (Å²) in [6.45, 7) is 7.34. The number of alkyl halides is 1. The number of carbonyl (C=O) groups is 3. The van der Waals surface area contributed by atoms with E-state index in [2.05, 4.69) is 42.2 Å². The maximum Gasteiger partial charge on any atom is 0.300 e. The zero-order valence-electron chi connectivity index (χ0n) is 21.2. The lowest BCUT2D eigenvalue weighted by atomic mass is 10.1. The van der Waals surface area contributed by atoms with Gasteiger partial charge in [-0.05, 0) is 42.3 Å². The molecule has 1 atom stereocenters. The van der Waals surface area contributed by atoms with Crippen molar-refractivity contribution in [1.29, 1.82) is 0 Å². The number of hydrogen-bond acceptors (Lipinski definition) is 7. The van der Waals surface area contributed by atoms with Gasteiger partial charge in [0.2, 0.25) is 5.91 Å². The van der Waals surface area contributed by atoms with Crippen LogP contribution in [0.2, 0.25) is 0 Å². The van der Waals surface area contributed by atoms with Crippen LogP contribution in [0.1, 0.15) is 42.3 Å². The molecule has 0 fully saturated rings. The molecule has 0 saturated heterocycles. The van der Waals surface area contributed by atoms with Gasteiger partial charge in [0.1, 0.15) is 11.9 Å². The van der Waals surface area contributed by atoms with Gasteiger partial charge in [-0.2, -0.15) is 0 Å². The van der Waals surface area contributed by atoms with Crippen molar-refractivity contribution >= 4 is 45.4 Å². The molecule has 0 aromatic heterocycles. The predicted octanol–water partition coefficient (Wildman–Crippen LogP) is 3.34. The zero-order valence-corrected chi connectivity index (χ0v) is 22.8. The van der Waals surface area contributed by atoms with Crippen LogP contribution >= 0.6 is 15.9 Å². The van der Waals surface area contributed by atoms with Crippen molar-refractivity contribution in [3.8, 4) is 5.75 Å². The monoisotopic (exact) mass is 581 g/mol. The molecule has 0 aliphatic carbocycles. The Morgan fingerprint density at radius 3 is 2.41 bits per heavy atom. The number of hydrogen-bond donors (Lipinski definition) is 6. The van der Waals surface area contributed by atoms with Crippen molar-refractivity contribution in [3.05, 3.63) is 57.6 Å². The molecule has 3 rings (SSSR count). The Labute approximate surface area is 223 Å². The van der Waals surface area contributed by atoms with Crippen molar-refractivity contribution in [2.75, 3.05) is 25.0 Å². The molecule has 37 heavy (non-hydrogen) atoms. The molecule has 1 heterocycles.